The van der Waals surface area contributed by atoms with Gasteiger partial charge in [-0.3, -0.25) is 0 Å². The third kappa shape index (κ3) is 4.54. The molecule has 0 bridgehead atoms. The standard InChI is InChI=1S/C46H35N/c1-46(2)44-15-9-8-14-42(44)43-27-25-39(30-45(43)46)47(37-21-16-32(17-22-37)31-10-4-3-5-11-31)38-23-18-33(19-24-38)34-20-26-41-36(28-34)29-35-12-6-7-13-40(35)41/h3-28,30H,29H2,1-2H3. The number of hydrogen-bond donors (Lipinski definition) is 0. The Balaban J connectivity index is 1.11. The van der Waals surface area contributed by atoms with Crippen molar-refractivity contribution >= 4 is 17.1 Å². The van der Waals surface area contributed by atoms with Gasteiger partial charge >= 0.3 is 0 Å². The predicted molar refractivity (Wildman–Crippen MR) is 198 cm³/mol. The minimum absolute atomic E-state index is 0.0676. The van der Waals surface area contributed by atoms with Crippen LogP contribution in [0.2, 0.25) is 0 Å². The van der Waals surface area contributed by atoms with Gasteiger partial charge in [0.15, 0.2) is 0 Å². The van der Waals surface area contributed by atoms with E-state index in [9.17, 15) is 0 Å². The summed E-state index contributed by atoms with van der Waals surface area (Å²) in [5.41, 5.74) is 19.3. The van der Waals surface area contributed by atoms with Crippen molar-refractivity contribution < 1.29 is 0 Å². The van der Waals surface area contributed by atoms with E-state index >= 15 is 0 Å². The van der Waals surface area contributed by atoms with Gasteiger partial charge in [0.2, 0.25) is 0 Å². The lowest BCUT2D eigenvalue weighted by Gasteiger charge is -2.28. The molecule has 0 saturated heterocycles. The average molecular weight is 602 g/mol. The molecule has 9 rings (SSSR count). The van der Waals surface area contributed by atoms with E-state index in [0.29, 0.717) is 0 Å². The lowest BCUT2D eigenvalue weighted by Crippen LogP contribution is -2.16. The highest BCUT2D eigenvalue weighted by Crippen LogP contribution is 2.50. The molecule has 0 amide bonds. The first-order valence-electron chi connectivity index (χ1n) is 16.6. The summed E-state index contributed by atoms with van der Waals surface area (Å²) in [6.07, 6.45) is 1.00. The Bertz CT molecular complexity index is 2270. The minimum Gasteiger partial charge on any atom is -0.310 e. The lowest BCUT2D eigenvalue weighted by atomic mass is 9.82. The van der Waals surface area contributed by atoms with Crippen molar-refractivity contribution in [2.24, 2.45) is 0 Å². The maximum absolute atomic E-state index is 2.41. The molecule has 7 aromatic rings. The average Bonchev–Trinajstić information content (AvgIpc) is 3.61. The lowest BCUT2D eigenvalue weighted by molar-refractivity contribution is 0.660. The first-order valence-corrected chi connectivity index (χ1v) is 16.6. The van der Waals surface area contributed by atoms with E-state index in [1.807, 2.05) is 0 Å². The highest BCUT2D eigenvalue weighted by atomic mass is 15.1. The van der Waals surface area contributed by atoms with E-state index < -0.39 is 0 Å². The van der Waals surface area contributed by atoms with E-state index in [0.717, 1.165) is 17.8 Å². The molecule has 0 heterocycles. The van der Waals surface area contributed by atoms with Gasteiger partial charge in [-0.05, 0) is 110 Å². The highest BCUT2D eigenvalue weighted by Gasteiger charge is 2.35. The Morgan fingerprint density at radius 3 is 1.64 bits per heavy atom. The van der Waals surface area contributed by atoms with E-state index in [1.165, 1.54) is 72.4 Å². The zero-order valence-corrected chi connectivity index (χ0v) is 26.7. The van der Waals surface area contributed by atoms with Crippen LogP contribution in [0.5, 0.6) is 0 Å². The van der Waals surface area contributed by atoms with Gasteiger partial charge in [-0.25, -0.2) is 0 Å². The van der Waals surface area contributed by atoms with Crippen molar-refractivity contribution in [2.45, 2.75) is 25.7 Å². The largest absolute Gasteiger partial charge is 0.310 e. The fourth-order valence-electron chi connectivity index (χ4n) is 7.84. The number of anilines is 3. The number of rotatable bonds is 5. The molecule has 2 aliphatic carbocycles. The zero-order valence-electron chi connectivity index (χ0n) is 26.7. The second-order valence-electron chi connectivity index (χ2n) is 13.4. The summed E-state index contributed by atoms with van der Waals surface area (Å²) in [4.78, 5) is 2.40. The zero-order chi connectivity index (χ0) is 31.5. The second-order valence-corrected chi connectivity index (χ2v) is 13.4. The summed E-state index contributed by atoms with van der Waals surface area (Å²) in [7, 11) is 0. The molecule has 224 valence electrons. The van der Waals surface area contributed by atoms with Gasteiger partial charge in [-0.15, -0.1) is 0 Å². The molecule has 0 aliphatic heterocycles. The van der Waals surface area contributed by atoms with E-state index in [4.69, 9.17) is 0 Å². The second kappa shape index (κ2) is 10.7. The Kier molecular flexibility index (Phi) is 6.30. The van der Waals surface area contributed by atoms with E-state index in [2.05, 4.69) is 183 Å². The summed E-state index contributed by atoms with van der Waals surface area (Å²) in [6, 6.07) is 60.3. The van der Waals surface area contributed by atoms with Crippen molar-refractivity contribution in [1.29, 1.82) is 0 Å². The van der Waals surface area contributed by atoms with Crippen molar-refractivity contribution in [2.75, 3.05) is 4.90 Å². The van der Waals surface area contributed by atoms with Crippen LogP contribution >= 0.6 is 0 Å². The van der Waals surface area contributed by atoms with Crippen molar-refractivity contribution in [3.05, 3.63) is 186 Å². The Morgan fingerprint density at radius 2 is 0.894 bits per heavy atom. The number of hydrogen-bond acceptors (Lipinski definition) is 1. The van der Waals surface area contributed by atoms with Gasteiger partial charge in [0.25, 0.3) is 0 Å². The van der Waals surface area contributed by atoms with Crippen LogP contribution in [0.3, 0.4) is 0 Å². The first kappa shape index (κ1) is 27.6. The van der Waals surface area contributed by atoms with Gasteiger partial charge in [0, 0.05) is 22.5 Å². The molecule has 0 atom stereocenters. The van der Waals surface area contributed by atoms with Gasteiger partial charge in [-0.2, -0.15) is 0 Å². The Hall–Kier alpha value is -5.66. The quantitative estimate of drug-likeness (QED) is 0.190. The molecule has 0 aromatic heterocycles. The Labute approximate surface area is 277 Å². The van der Waals surface area contributed by atoms with Crippen LogP contribution in [0, 0.1) is 0 Å². The third-order valence-corrected chi connectivity index (χ3v) is 10.3. The number of fused-ring (bicyclic) bond motifs is 6. The fraction of sp³-hybridized carbons (Fsp3) is 0.0870. The molecule has 1 nitrogen and oxygen atoms in total. The first-order chi connectivity index (χ1) is 23.0. The summed E-state index contributed by atoms with van der Waals surface area (Å²) in [5.74, 6) is 0. The fourth-order valence-corrected chi connectivity index (χ4v) is 7.84. The summed E-state index contributed by atoms with van der Waals surface area (Å²) >= 11 is 0. The molecule has 1 heteroatoms. The van der Waals surface area contributed by atoms with Gasteiger partial charge in [0.05, 0.1) is 0 Å². The number of nitrogens with zero attached hydrogens (tertiary/aromatic N) is 1. The maximum atomic E-state index is 2.41. The van der Waals surface area contributed by atoms with Crippen LogP contribution in [-0.2, 0) is 11.8 Å². The predicted octanol–water partition coefficient (Wildman–Crippen LogP) is 12.4. The van der Waals surface area contributed by atoms with Crippen molar-refractivity contribution in [3.63, 3.8) is 0 Å². The van der Waals surface area contributed by atoms with E-state index in [1.54, 1.807) is 0 Å². The van der Waals surface area contributed by atoms with Crippen LogP contribution in [0.4, 0.5) is 17.1 Å². The molecule has 0 fully saturated rings. The molecule has 0 unspecified atom stereocenters. The van der Waals surface area contributed by atoms with Crippen LogP contribution in [0.1, 0.15) is 36.1 Å². The molecular weight excluding hydrogens is 567 g/mol. The van der Waals surface area contributed by atoms with Crippen LogP contribution in [-0.4, -0.2) is 0 Å². The monoisotopic (exact) mass is 601 g/mol. The molecule has 0 N–H and O–H groups in total. The van der Waals surface area contributed by atoms with Crippen molar-refractivity contribution in [3.8, 4) is 44.5 Å². The Morgan fingerprint density at radius 1 is 0.383 bits per heavy atom. The molecule has 7 aromatic carbocycles. The summed E-state index contributed by atoms with van der Waals surface area (Å²) in [5, 5.41) is 0. The topological polar surface area (TPSA) is 3.24 Å². The van der Waals surface area contributed by atoms with Gasteiger partial charge in [0.1, 0.15) is 0 Å². The van der Waals surface area contributed by atoms with Crippen molar-refractivity contribution in [1.82, 2.24) is 0 Å². The maximum Gasteiger partial charge on any atom is 0.0465 e. The van der Waals surface area contributed by atoms with Crippen LogP contribution < -0.4 is 4.90 Å². The molecule has 0 spiro atoms. The molecule has 0 saturated carbocycles. The molecule has 2 aliphatic rings. The normalized spacial score (nSPS) is 13.4. The third-order valence-electron chi connectivity index (χ3n) is 10.3. The number of benzene rings is 7. The summed E-state index contributed by atoms with van der Waals surface area (Å²) < 4.78 is 0. The minimum atomic E-state index is -0.0676. The van der Waals surface area contributed by atoms with Crippen LogP contribution in [0.25, 0.3) is 44.5 Å². The molecule has 0 radical (unpaired) electrons. The van der Waals surface area contributed by atoms with Crippen LogP contribution in [0.15, 0.2) is 164 Å². The highest BCUT2D eigenvalue weighted by molar-refractivity contribution is 5.87. The smallest absolute Gasteiger partial charge is 0.0465 e. The molecule has 47 heavy (non-hydrogen) atoms. The SMILES string of the molecule is CC1(C)c2ccccc2-c2ccc(N(c3ccc(-c4ccccc4)cc3)c3ccc(-c4ccc5c(c4)Cc4ccccc4-5)cc3)cc21. The summed E-state index contributed by atoms with van der Waals surface area (Å²) in [6.45, 7) is 4.70. The van der Waals surface area contributed by atoms with Gasteiger partial charge < -0.3 is 4.90 Å². The molecular formula is C46H35N. The van der Waals surface area contributed by atoms with Gasteiger partial charge in [-0.1, -0.05) is 141 Å². The van der Waals surface area contributed by atoms with E-state index in [-0.39, 0.29) is 5.41 Å².